The van der Waals surface area contributed by atoms with E-state index in [1.165, 1.54) is 6.07 Å². The number of nitrogens with zero attached hydrogens (tertiary/aromatic N) is 2. The molecule has 0 bridgehead atoms. The molecule has 0 atom stereocenters. The fourth-order valence-corrected chi connectivity index (χ4v) is 5.06. The first kappa shape index (κ1) is 20.3. The summed E-state index contributed by atoms with van der Waals surface area (Å²) in [6, 6.07) is 15.0. The quantitative estimate of drug-likeness (QED) is 0.399. The standard InChI is InChI=1S/C23H19ClN2O3S/c1-16-12-19(24)14-21(13-16)30(28,29)20-6-2-17(3-7-20)4-8-22(27)18-5-9-23-25-10-11-26(23)15-18/h2-3,5-7,9-15H,4,8H2,1H3. The largest absolute Gasteiger partial charge is 0.306 e. The van der Waals surface area contributed by atoms with Gasteiger partial charge >= 0.3 is 0 Å². The number of aromatic nitrogens is 2. The van der Waals surface area contributed by atoms with E-state index < -0.39 is 9.84 Å². The zero-order chi connectivity index (χ0) is 21.3. The van der Waals surface area contributed by atoms with Crippen molar-refractivity contribution in [3.05, 3.63) is 94.9 Å². The number of aryl methyl sites for hydroxylation is 2. The number of ketones is 1. The number of Topliss-reactive ketones (excluding diaryl/α,β-unsaturated/α-hetero) is 1. The molecule has 0 saturated carbocycles. The first-order valence-electron chi connectivity index (χ1n) is 9.40. The second-order valence-corrected chi connectivity index (χ2v) is 9.53. The lowest BCUT2D eigenvalue weighted by Gasteiger charge is -2.08. The Labute approximate surface area is 179 Å². The summed E-state index contributed by atoms with van der Waals surface area (Å²) in [5.74, 6) is 0.0247. The smallest absolute Gasteiger partial charge is 0.206 e. The van der Waals surface area contributed by atoms with E-state index in [1.54, 1.807) is 68.0 Å². The summed E-state index contributed by atoms with van der Waals surface area (Å²) in [7, 11) is -3.65. The van der Waals surface area contributed by atoms with Crippen molar-refractivity contribution < 1.29 is 13.2 Å². The van der Waals surface area contributed by atoms with Crippen LogP contribution in [-0.2, 0) is 16.3 Å². The first-order chi connectivity index (χ1) is 14.3. The van der Waals surface area contributed by atoms with E-state index in [4.69, 9.17) is 11.6 Å². The Balaban J connectivity index is 1.47. The molecular weight excluding hydrogens is 420 g/mol. The van der Waals surface area contributed by atoms with Crippen molar-refractivity contribution in [1.29, 1.82) is 0 Å². The van der Waals surface area contributed by atoms with Crippen LogP contribution >= 0.6 is 11.6 Å². The molecule has 4 rings (SSSR count). The number of sulfone groups is 1. The number of carbonyl (C=O) groups excluding carboxylic acids is 1. The van der Waals surface area contributed by atoms with Gasteiger partial charge in [0.05, 0.1) is 9.79 Å². The summed E-state index contributed by atoms with van der Waals surface area (Å²) in [6.07, 6.45) is 6.11. The predicted molar refractivity (Wildman–Crippen MR) is 116 cm³/mol. The Morgan fingerprint density at radius 1 is 1.03 bits per heavy atom. The molecule has 30 heavy (non-hydrogen) atoms. The second kappa shape index (κ2) is 8.05. The number of rotatable bonds is 6. The molecule has 5 nitrogen and oxygen atoms in total. The van der Waals surface area contributed by atoms with Crippen LogP contribution in [0.2, 0.25) is 5.02 Å². The molecule has 0 amide bonds. The summed E-state index contributed by atoms with van der Waals surface area (Å²) in [4.78, 5) is 17.1. The molecule has 0 fully saturated rings. The Morgan fingerprint density at radius 3 is 2.53 bits per heavy atom. The Morgan fingerprint density at radius 2 is 1.80 bits per heavy atom. The summed E-state index contributed by atoms with van der Waals surface area (Å²) in [6.45, 7) is 1.80. The van der Waals surface area contributed by atoms with Gasteiger partial charge in [-0.15, -0.1) is 0 Å². The van der Waals surface area contributed by atoms with Crippen LogP contribution in [0.3, 0.4) is 0 Å². The highest BCUT2D eigenvalue weighted by Crippen LogP contribution is 2.25. The third-order valence-corrected chi connectivity index (χ3v) is 6.88. The molecule has 0 saturated heterocycles. The lowest BCUT2D eigenvalue weighted by molar-refractivity contribution is 0.0982. The van der Waals surface area contributed by atoms with E-state index in [2.05, 4.69) is 4.98 Å². The number of pyridine rings is 1. The molecule has 0 aliphatic rings. The van der Waals surface area contributed by atoms with Crippen LogP contribution in [0.4, 0.5) is 0 Å². The van der Waals surface area contributed by atoms with Crippen molar-refractivity contribution in [2.24, 2.45) is 0 Å². The molecule has 2 aromatic heterocycles. The molecule has 0 spiro atoms. The van der Waals surface area contributed by atoms with Crippen molar-refractivity contribution in [2.75, 3.05) is 0 Å². The number of carbonyl (C=O) groups is 1. The minimum absolute atomic E-state index is 0.0247. The van der Waals surface area contributed by atoms with Gasteiger partial charge in [-0.1, -0.05) is 23.7 Å². The van der Waals surface area contributed by atoms with Crippen molar-refractivity contribution in [3.63, 3.8) is 0 Å². The van der Waals surface area contributed by atoms with Crippen LogP contribution in [0, 0.1) is 6.92 Å². The molecule has 2 heterocycles. The number of benzene rings is 2. The summed E-state index contributed by atoms with van der Waals surface area (Å²) < 4.78 is 27.5. The minimum atomic E-state index is -3.65. The lowest BCUT2D eigenvalue weighted by Crippen LogP contribution is -2.04. The zero-order valence-corrected chi connectivity index (χ0v) is 17.8. The Hall–Kier alpha value is -2.96. The van der Waals surface area contributed by atoms with Gasteiger partial charge in [-0.3, -0.25) is 4.79 Å². The van der Waals surface area contributed by atoms with Gasteiger partial charge in [-0.2, -0.15) is 0 Å². The van der Waals surface area contributed by atoms with Gasteiger partial charge in [-0.05, 0) is 66.9 Å². The molecule has 0 N–H and O–H groups in total. The van der Waals surface area contributed by atoms with Gasteiger partial charge in [-0.25, -0.2) is 13.4 Å². The lowest BCUT2D eigenvalue weighted by atomic mass is 10.0. The van der Waals surface area contributed by atoms with Gasteiger partial charge in [0, 0.05) is 35.6 Å². The highest BCUT2D eigenvalue weighted by molar-refractivity contribution is 7.91. The average Bonchev–Trinajstić information content (AvgIpc) is 3.19. The monoisotopic (exact) mass is 438 g/mol. The Bertz CT molecular complexity index is 1320. The number of halogens is 1. The normalized spacial score (nSPS) is 11.7. The molecule has 152 valence electrons. The van der Waals surface area contributed by atoms with Crippen LogP contribution in [0.15, 0.2) is 83.0 Å². The molecule has 0 unspecified atom stereocenters. The van der Waals surface area contributed by atoms with Gasteiger partial charge in [0.2, 0.25) is 9.84 Å². The maximum atomic E-state index is 12.9. The van der Waals surface area contributed by atoms with Crippen molar-refractivity contribution >= 4 is 32.9 Å². The number of hydrogen-bond donors (Lipinski definition) is 0. The van der Waals surface area contributed by atoms with Crippen LogP contribution in [-0.4, -0.2) is 23.6 Å². The number of hydrogen-bond acceptors (Lipinski definition) is 4. The van der Waals surface area contributed by atoms with Crippen molar-refractivity contribution in [2.45, 2.75) is 29.6 Å². The SMILES string of the molecule is Cc1cc(Cl)cc(S(=O)(=O)c2ccc(CCC(=O)c3ccc4nccn4c3)cc2)c1. The fourth-order valence-electron chi connectivity index (χ4n) is 3.32. The highest BCUT2D eigenvalue weighted by atomic mass is 35.5. The van der Waals surface area contributed by atoms with E-state index in [-0.39, 0.29) is 15.6 Å². The molecule has 0 aliphatic heterocycles. The van der Waals surface area contributed by atoms with E-state index in [1.807, 2.05) is 10.5 Å². The minimum Gasteiger partial charge on any atom is -0.306 e. The van der Waals surface area contributed by atoms with E-state index in [0.29, 0.717) is 23.4 Å². The zero-order valence-electron chi connectivity index (χ0n) is 16.2. The first-order valence-corrected chi connectivity index (χ1v) is 11.3. The van der Waals surface area contributed by atoms with Gasteiger partial charge in [0.25, 0.3) is 0 Å². The van der Waals surface area contributed by atoms with Crippen LogP contribution in [0.25, 0.3) is 5.65 Å². The summed E-state index contributed by atoms with van der Waals surface area (Å²) >= 11 is 6.01. The van der Waals surface area contributed by atoms with Gasteiger partial charge in [0.15, 0.2) is 5.78 Å². The van der Waals surface area contributed by atoms with Gasteiger partial charge < -0.3 is 4.40 Å². The molecule has 4 aromatic rings. The fraction of sp³-hybridized carbons (Fsp3) is 0.130. The maximum Gasteiger partial charge on any atom is 0.206 e. The van der Waals surface area contributed by atoms with E-state index >= 15 is 0 Å². The summed E-state index contributed by atoms with van der Waals surface area (Å²) in [5, 5.41) is 0.387. The molecule has 0 radical (unpaired) electrons. The predicted octanol–water partition coefficient (Wildman–Crippen LogP) is 4.94. The Kier molecular flexibility index (Phi) is 5.45. The van der Waals surface area contributed by atoms with Crippen LogP contribution in [0.1, 0.15) is 27.9 Å². The molecule has 0 aliphatic carbocycles. The second-order valence-electron chi connectivity index (χ2n) is 7.15. The highest BCUT2D eigenvalue weighted by Gasteiger charge is 2.18. The third kappa shape index (κ3) is 4.15. The number of imidazole rings is 1. The maximum absolute atomic E-state index is 12.9. The van der Waals surface area contributed by atoms with E-state index in [0.717, 1.165) is 16.8 Å². The van der Waals surface area contributed by atoms with Crippen molar-refractivity contribution in [3.8, 4) is 0 Å². The average molecular weight is 439 g/mol. The number of fused-ring (bicyclic) bond motifs is 1. The summed E-state index contributed by atoms with van der Waals surface area (Å²) in [5.41, 5.74) is 3.09. The molecule has 2 aromatic carbocycles. The molecule has 7 heteroatoms. The third-order valence-electron chi connectivity index (χ3n) is 4.91. The topological polar surface area (TPSA) is 68.5 Å². The van der Waals surface area contributed by atoms with E-state index in [9.17, 15) is 13.2 Å². The van der Waals surface area contributed by atoms with Gasteiger partial charge in [0.1, 0.15) is 5.65 Å². The molecular formula is C23H19ClN2O3S. The van der Waals surface area contributed by atoms with Crippen LogP contribution < -0.4 is 0 Å². The van der Waals surface area contributed by atoms with Crippen LogP contribution in [0.5, 0.6) is 0 Å². The van der Waals surface area contributed by atoms with Crippen molar-refractivity contribution in [1.82, 2.24) is 9.38 Å².